The van der Waals surface area contributed by atoms with E-state index in [0.717, 1.165) is 17.7 Å². The van der Waals surface area contributed by atoms with Crippen molar-refractivity contribution in [3.05, 3.63) is 29.3 Å². The Morgan fingerprint density at radius 2 is 2.05 bits per heavy atom. The first-order valence-corrected chi connectivity index (χ1v) is 6.20. The van der Waals surface area contributed by atoms with Gasteiger partial charge in [0, 0.05) is 13.6 Å². The van der Waals surface area contributed by atoms with Crippen molar-refractivity contribution in [2.24, 2.45) is 5.73 Å². The summed E-state index contributed by atoms with van der Waals surface area (Å²) in [5.74, 6) is -0.820. The van der Waals surface area contributed by atoms with E-state index in [1.165, 1.54) is 10.5 Å². The van der Waals surface area contributed by atoms with Crippen LogP contribution in [-0.4, -0.2) is 37.4 Å². The first-order valence-electron chi connectivity index (χ1n) is 6.20. The third-order valence-electron chi connectivity index (χ3n) is 3.03. The van der Waals surface area contributed by atoms with Gasteiger partial charge in [0.15, 0.2) is 0 Å². The maximum absolute atomic E-state index is 11.4. The highest BCUT2D eigenvalue weighted by molar-refractivity contribution is 6.34. The van der Waals surface area contributed by atoms with Gasteiger partial charge < -0.3 is 15.4 Å². The predicted molar refractivity (Wildman–Crippen MR) is 72.9 cm³/mol. The fraction of sp³-hybridized carbons (Fsp3) is 0.429. The molecular weight excluding hydrogens is 244 g/mol. The van der Waals surface area contributed by atoms with Crippen molar-refractivity contribution in [2.45, 2.75) is 19.8 Å². The Bertz CT molecular complexity index is 472. The van der Waals surface area contributed by atoms with Crippen LogP contribution in [0.5, 0.6) is 5.75 Å². The Kier molecular flexibility index (Phi) is 5.36. The molecule has 0 aliphatic heterocycles. The number of benzene rings is 1. The number of primary amides is 1. The molecule has 2 amide bonds. The molecule has 5 nitrogen and oxygen atoms in total. The largest absolute Gasteiger partial charge is 0.496 e. The maximum atomic E-state index is 11.4. The van der Waals surface area contributed by atoms with Gasteiger partial charge in [0.2, 0.25) is 0 Å². The summed E-state index contributed by atoms with van der Waals surface area (Å²) in [5.41, 5.74) is 7.18. The second-order valence-electron chi connectivity index (χ2n) is 4.34. The summed E-state index contributed by atoms with van der Waals surface area (Å²) in [7, 11) is 3.17. The number of nitrogens with zero attached hydrogens (tertiary/aromatic N) is 1. The monoisotopic (exact) mass is 264 g/mol. The van der Waals surface area contributed by atoms with Gasteiger partial charge in [0.25, 0.3) is 0 Å². The Morgan fingerprint density at radius 1 is 1.37 bits per heavy atom. The van der Waals surface area contributed by atoms with E-state index < -0.39 is 11.8 Å². The smallest absolute Gasteiger partial charge is 0.311 e. The Hall–Kier alpha value is -2.04. The van der Waals surface area contributed by atoms with E-state index in [0.29, 0.717) is 13.0 Å². The van der Waals surface area contributed by atoms with Crippen molar-refractivity contribution < 1.29 is 14.3 Å². The summed E-state index contributed by atoms with van der Waals surface area (Å²) >= 11 is 0. The molecule has 0 unspecified atom stereocenters. The highest BCUT2D eigenvalue weighted by Crippen LogP contribution is 2.21. The lowest BCUT2D eigenvalue weighted by Crippen LogP contribution is -2.38. The molecule has 0 radical (unpaired) electrons. The van der Waals surface area contributed by atoms with E-state index in [9.17, 15) is 9.59 Å². The molecule has 19 heavy (non-hydrogen) atoms. The second-order valence-corrected chi connectivity index (χ2v) is 4.34. The lowest BCUT2D eigenvalue weighted by atomic mass is 10.0. The van der Waals surface area contributed by atoms with E-state index in [2.05, 4.69) is 13.0 Å². The average molecular weight is 264 g/mol. The SMILES string of the molecule is CCc1ccc(OC)c(CCN(C)C(=O)C(N)=O)c1. The van der Waals surface area contributed by atoms with E-state index in [-0.39, 0.29) is 0 Å². The molecular formula is C14H20N2O3. The van der Waals surface area contributed by atoms with E-state index in [1.54, 1.807) is 14.2 Å². The van der Waals surface area contributed by atoms with E-state index in [1.807, 2.05) is 12.1 Å². The van der Waals surface area contributed by atoms with Crippen LogP contribution in [0.2, 0.25) is 0 Å². The van der Waals surface area contributed by atoms with Gasteiger partial charge in [0.05, 0.1) is 7.11 Å². The number of amides is 2. The first kappa shape index (κ1) is 15.0. The normalized spacial score (nSPS) is 10.1. The van der Waals surface area contributed by atoms with Crippen molar-refractivity contribution in [1.29, 1.82) is 0 Å². The number of likely N-dealkylation sites (N-methyl/N-ethyl adjacent to an activating group) is 1. The number of carbonyl (C=O) groups is 2. The van der Waals surface area contributed by atoms with Crippen molar-refractivity contribution in [3.8, 4) is 5.75 Å². The molecule has 1 aromatic rings. The summed E-state index contributed by atoms with van der Waals surface area (Å²) in [6.45, 7) is 2.50. The van der Waals surface area contributed by atoms with Crippen LogP contribution in [0.3, 0.4) is 0 Å². The number of hydrogen-bond acceptors (Lipinski definition) is 3. The first-order chi connectivity index (χ1) is 8.99. The Balaban J connectivity index is 2.76. The molecule has 0 aliphatic rings. The van der Waals surface area contributed by atoms with Gasteiger partial charge in [-0.1, -0.05) is 19.1 Å². The molecule has 104 valence electrons. The molecule has 2 N–H and O–H groups in total. The van der Waals surface area contributed by atoms with Gasteiger partial charge in [-0.2, -0.15) is 0 Å². The van der Waals surface area contributed by atoms with Crippen LogP contribution in [-0.2, 0) is 22.4 Å². The molecule has 1 rings (SSSR count). The summed E-state index contributed by atoms with van der Waals surface area (Å²) in [6, 6.07) is 5.99. The predicted octanol–water partition coefficient (Wildman–Crippen LogP) is 0.744. The fourth-order valence-electron chi connectivity index (χ4n) is 1.83. The van der Waals surface area contributed by atoms with Gasteiger partial charge in [0.1, 0.15) is 5.75 Å². The minimum absolute atomic E-state index is 0.422. The van der Waals surface area contributed by atoms with Gasteiger partial charge in [-0.3, -0.25) is 9.59 Å². The molecule has 0 bridgehead atoms. The number of aryl methyl sites for hydroxylation is 1. The van der Waals surface area contributed by atoms with Crippen molar-refractivity contribution in [3.63, 3.8) is 0 Å². The van der Waals surface area contributed by atoms with Gasteiger partial charge in [-0.25, -0.2) is 0 Å². The molecule has 5 heteroatoms. The van der Waals surface area contributed by atoms with Gasteiger partial charge in [-0.05, 0) is 30.0 Å². The molecule has 0 aromatic heterocycles. The molecule has 0 saturated heterocycles. The van der Waals surface area contributed by atoms with Crippen LogP contribution in [0.4, 0.5) is 0 Å². The number of rotatable bonds is 5. The molecule has 0 saturated carbocycles. The van der Waals surface area contributed by atoms with Crippen LogP contribution >= 0.6 is 0 Å². The van der Waals surface area contributed by atoms with Crippen molar-refractivity contribution in [2.75, 3.05) is 20.7 Å². The zero-order valence-corrected chi connectivity index (χ0v) is 11.6. The van der Waals surface area contributed by atoms with Crippen LogP contribution in [0, 0.1) is 0 Å². The number of nitrogens with two attached hydrogens (primary N) is 1. The Morgan fingerprint density at radius 3 is 2.58 bits per heavy atom. The highest BCUT2D eigenvalue weighted by Gasteiger charge is 2.15. The zero-order chi connectivity index (χ0) is 14.4. The highest BCUT2D eigenvalue weighted by atomic mass is 16.5. The van der Waals surface area contributed by atoms with Gasteiger partial charge >= 0.3 is 11.8 Å². The standard InChI is InChI=1S/C14H20N2O3/c1-4-10-5-6-12(19-3)11(9-10)7-8-16(2)14(18)13(15)17/h5-6,9H,4,7-8H2,1-3H3,(H2,15,17). The molecule has 0 aliphatic carbocycles. The Labute approximate surface area is 113 Å². The van der Waals surface area contributed by atoms with E-state index >= 15 is 0 Å². The summed E-state index contributed by atoms with van der Waals surface area (Å²) in [4.78, 5) is 23.5. The minimum atomic E-state index is -0.934. The minimum Gasteiger partial charge on any atom is -0.496 e. The number of carbonyl (C=O) groups excluding carboxylic acids is 2. The summed E-state index contributed by atoms with van der Waals surface area (Å²) < 4.78 is 5.29. The summed E-state index contributed by atoms with van der Waals surface area (Å²) in [5, 5.41) is 0. The van der Waals surface area contributed by atoms with Crippen LogP contribution in [0.25, 0.3) is 0 Å². The third-order valence-corrected chi connectivity index (χ3v) is 3.03. The zero-order valence-electron chi connectivity index (χ0n) is 11.6. The number of hydrogen-bond donors (Lipinski definition) is 1. The number of methoxy groups -OCH3 is 1. The topological polar surface area (TPSA) is 72.6 Å². The molecule has 0 fully saturated rings. The van der Waals surface area contributed by atoms with Crippen LogP contribution in [0.1, 0.15) is 18.1 Å². The quantitative estimate of drug-likeness (QED) is 0.797. The fourth-order valence-corrected chi connectivity index (χ4v) is 1.83. The summed E-state index contributed by atoms with van der Waals surface area (Å²) in [6.07, 6.45) is 1.56. The molecule has 0 heterocycles. The van der Waals surface area contributed by atoms with Crippen molar-refractivity contribution in [1.82, 2.24) is 4.90 Å². The average Bonchev–Trinajstić information content (AvgIpc) is 2.43. The van der Waals surface area contributed by atoms with E-state index in [4.69, 9.17) is 10.5 Å². The molecule has 0 atom stereocenters. The van der Waals surface area contributed by atoms with Crippen LogP contribution in [0.15, 0.2) is 18.2 Å². The maximum Gasteiger partial charge on any atom is 0.311 e. The lowest BCUT2D eigenvalue weighted by molar-refractivity contribution is -0.143. The second kappa shape index (κ2) is 6.78. The van der Waals surface area contributed by atoms with Crippen LogP contribution < -0.4 is 10.5 Å². The molecule has 1 aromatic carbocycles. The number of ether oxygens (including phenoxy) is 1. The van der Waals surface area contributed by atoms with Crippen molar-refractivity contribution >= 4 is 11.8 Å². The van der Waals surface area contributed by atoms with Gasteiger partial charge in [-0.15, -0.1) is 0 Å². The lowest BCUT2D eigenvalue weighted by Gasteiger charge is -2.16. The third kappa shape index (κ3) is 3.98. The molecule has 0 spiro atoms.